The third-order valence-electron chi connectivity index (χ3n) is 2.68. The molecule has 0 amide bonds. The first-order chi connectivity index (χ1) is 7.42. The Bertz CT molecular complexity index is 305. The van der Waals surface area contributed by atoms with Crippen molar-refractivity contribution in [3.63, 3.8) is 0 Å². The quantitative estimate of drug-likeness (QED) is 0.682. The first-order valence-electron chi connectivity index (χ1n) is 5.62. The molecule has 1 rings (SSSR count). The fraction of sp³-hybridized carbons (Fsp3) is 0.615. The molecule has 16 heavy (non-hydrogen) atoms. The van der Waals surface area contributed by atoms with Crippen LogP contribution in [0.15, 0.2) is 29.4 Å². The van der Waals surface area contributed by atoms with Crippen LogP contribution in [0.3, 0.4) is 0 Å². The zero-order chi connectivity index (χ0) is 12.2. The fourth-order valence-electron chi connectivity index (χ4n) is 1.67. The minimum Gasteiger partial charge on any atom is -0.378 e. The van der Waals surface area contributed by atoms with Crippen molar-refractivity contribution in [2.45, 2.75) is 26.3 Å². The van der Waals surface area contributed by atoms with Crippen LogP contribution < -0.4 is 0 Å². The Morgan fingerprint density at radius 1 is 1.50 bits per heavy atom. The fourth-order valence-corrected chi connectivity index (χ4v) is 1.67. The molecule has 1 heterocycles. The smallest absolute Gasteiger partial charge is 0.0645 e. The third-order valence-corrected chi connectivity index (χ3v) is 2.68. The Kier molecular flexibility index (Phi) is 4.44. The van der Waals surface area contributed by atoms with Gasteiger partial charge in [0.2, 0.25) is 0 Å². The number of rotatable bonds is 4. The van der Waals surface area contributed by atoms with Crippen LogP contribution in [0.5, 0.6) is 0 Å². The maximum Gasteiger partial charge on any atom is 0.0645 e. The monoisotopic (exact) mass is 222 g/mol. The minimum atomic E-state index is 0.0816. The molecule has 0 radical (unpaired) electrons. The number of hydrogen-bond acceptors (Lipinski definition) is 3. The summed E-state index contributed by atoms with van der Waals surface area (Å²) in [6, 6.07) is 0. The molecule has 1 aliphatic rings. The van der Waals surface area contributed by atoms with Crippen molar-refractivity contribution in [2.24, 2.45) is 4.99 Å². The topological polar surface area (TPSA) is 24.8 Å². The summed E-state index contributed by atoms with van der Waals surface area (Å²) in [6.07, 6.45) is 1.80. The van der Waals surface area contributed by atoms with E-state index in [1.807, 2.05) is 6.92 Å². The molecule has 3 nitrogen and oxygen atoms in total. The lowest BCUT2D eigenvalue weighted by atomic mass is 10.0. The SMILES string of the molecule is C=C(C=NC(=C)C)CN1CCOCC1(C)C. The molecular weight excluding hydrogens is 200 g/mol. The van der Waals surface area contributed by atoms with Crippen LogP contribution in [0, 0.1) is 0 Å². The summed E-state index contributed by atoms with van der Waals surface area (Å²) in [4.78, 5) is 6.54. The van der Waals surface area contributed by atoms with Crippen molar-refractivity contribution in [1.29, 1.82) is 0 Å². The lowest BCUT2D eigenvalue weighted by molar-refractivity contribution is -0.0455. The summed E-state index contributed by atoms with van der Waals surface area (Å²) >= 11 is 0. The normalized spacial score (nSPS) is 21.2. The van der Waals surface area contributed by atoms with Gasteiger partial charge in [-0.05, 0) is 26.3 Å². The number of allylic oxidation sites excluding steroid dienone is 1. The Morgan fingerprint density at radius 2 is 2.19 bits per heavy atom. The lowest BCUT2D eigenvalue weighted by Crippen LogP contribution is -2.53. The zero-order valence-electron chi connectivity index (χ0n) is 10.6. The Balaban J connectivity index is 2.52. The molecule has 0 unspecified atom stereocenters. The molecule has 90 valence electrons. The van der Waals surface area contributed by atoms with Crippen molar-refractivity contribution < 1.29 is 4.74 Å². The van der Waals surface area contributed by atoms with Gasteiger partial charge in [0.05, 0.1) is 13.2 Å². The molecule has 1 fully saturated rings. The van der Waals surface area contributed by atoms with Crippen molar-refractivity contribution >= 4 is 6.21 Å². The Morgan fingerprint density at radius 3 is 2.75 bits per heavy atom. The summed E-state index contributed by atoms with van der Waals surface area (Å²) in [6.45, 7) is 17.4. The highest BCUT2D eigenvalue weighted by Crippen LogP contribution is 2.19. The standard InChI is InChI=1S/C13H22N2O/c1-11(2)14-8-12(3)9-15-6-7-16-10-13(15,4)5/h8H,1,3,6-7,9-10H2,2,4-5H3. The summed E-state index contributed by atoms with van der Waals surface area (Å²) in [5, 5.41) is 0. The second kappa shape index (κ2) is 5.41. The van der Waals surface area contributed by atoms with Crippen LogP contribution in [-0.4, -0.2) is 43.0 Å². The van der Waals surface area contributed by atoms with Gasteiger partial charge in [-0.15, -0.1) is 0 Å². The zero-order valence-corrected chi connectivity index (χ0v) is 10.6. The molecule has 3 heteroatoms. The Labute approximate surface area is 98.5 Å². The summed E-state index contributed by atoms with van der Waals surface area (Å²) < 4.78 is 5.48. The van der Waals surface area contributed by atoms with E-state index >= 15 is 0 Å². The van der Waals surface area contributed by atoms with Crippen LogP contribution in [0.1, 0.15) is 20.8 Å². The maximum absolute atomic E-state index is 5.48. The van der Waals surface area contributed by atoms with Crippen molar-refractivity contribution in [2.75, 3.05) is 26.3 Å². The van der Waals surface area contributed by atoms with Crippen molar-refractivity contribution in [1.82, 2.24) is 4.90 Å². The van der Waals surface area contributed by atoms with Gasteiger partial charge in [-0.25, -0.2) is 0 Å². The molecule has 0 bridgehead atoms. The molecule has 0 saturated carbocycles. The second-order valence-electron chi connectivity index (χ2n) is 4.94. The molecule has 0 atom stereocenters. The van der Waals surface area contributed by atoms with Crippen LogP contribution in [-0.2, 0) is 4.74 Å². The molecular formula is C13H22N2O. The second-order valence-corrected chi connectivity index (χ2v) is 4.94. The van der Waals surface area contributed by atoms with Gasteiger partial charge in [-0.1, -0.05) is 13.2 Å². The molecule has 1 saturated heterocycles. The summed E-state index contributed by atoms with van der Waals surface area (Å²) in [7, 11) is 0. The molecule has 0 aliphatic carbocycles. The Hall–Kier alpha value is -0.930. The predicted molar refractivity (Wildman–Crippen MR) is 68.9 cm³/mol. The number of aliphatic imine (C=N–C) groups is 1. The van der Waals surface area contributed by atoms with Gasteiger partial charge in [0.25, 0.3) is 0 Å². The van der Waals surface area contributed by atoms with Crippen LogP contribution >= 0.6 is 0 Å². The summed E-state index contributed by atoms with van der Waals surface area (Å²) in [5.41, 5.74) is 1.90. The van der Waals surface area contributed by atoms with Gasteiger partial charge >= 0.3 is 0 Å². The van der Waals surface area contributed by atoms with Crippen LogP contribution in [0.25, 0.3) is 0 Å². The van der Waals surface area contributed by atoms with E-state index in [9.17, 15) is 0 Å². The first-order valence-corrected chi connectivity index (χ1v) is 5.62. The van der Waals surface area contributed by atoms with Gasteiger partial charge in [0.1, 0.15) is 0 Å². The minimum absolute atomic E-state index is 0.0816. The molecule has 1 aliphatic heterocycles. The van der Waals surface area contributed by atoms with E-state index < -0.39 is 0 Å². The highest BCUT2D eigenvalue weighted by atomic mass is 16.5. The molecule has 0 aromatic rings. The predicted octanol–water partition coefficient (Wildman–Crippen LogP) is 2.26. The number of nitrogens with zero attached hydrogens (tertiary/aromatic N) is 2. The van der Waals surface area contributed by atoms with Crippen molar-refractivity contribution in [3.05, 3.63) is 24.4 Å². The van der Waals surface area contributed by atoms with E-state index in [1.165, 1.54) is 0 Å². The average Bonchev–Trinajstić information content (AvgIpc) is 2.18. The van der Waals surface area contributed by atoms with Gasteiger partial charge in [-0.3, -0.25) is 9.89 Å². The highest BCUT2D eigenvalue weighted by molar-refractivity contribution is 5.78. The van der Waals surface area contributed by atoms with Crippen LogP contribution in [0.4, 0.5) is 0 Å². The third kappa shape index (κ3) is 3.91. The molecule has 0 aromatic carbocycles. The average molecular weight is 222 g/mol. The van der Waals surface area contributed by atoms with E-state index in [1.54, 1.807) is 6.21 Å². The number of morpholine rings is 1. The molecule has 0 aromatic heterocycles. The molecule has 0 spiro atoms. The van der Waals surface area contributed by atoms with E-state index in [0.29, 0.717) is 0 Å². The van der Waals surface area contributed by atoms with Gasteiger partial charge in [0, 0.05) is 30.5 Å². The van der Waals surface area contributed by atoms with Gasteiger partial charge < -0.3 is 4.74 Å². The van der Waals surface area contributed by atoms with E-state index in [-0.39, 0.29) is 5.54 Å². The lowest BCUT2D eigenvalue weighted by Gasteiger charge is -2.42. The van der Waals surface area contributed by atoms with Gasteiger partial charge in [-0.2, -0.15) is 0 Å². The van der Waals surface area contributed by atoms with E-state index in [4.69, 9.17) is 4.74 Å². The number of hydrogen-bond donors (Lipinski definition) is 0. The van der Waals surface area contributed by atoms with E-state index in [0.717, 1.165) is 37.6 Å². The maximum atomic E-state index is 5.48. The van der Waals surface area contributed by atoms with Gasteiger partial charge in [0.15, 0.2) is 0 Å². The largest absolute Gasteiger partial charge is 0.378 e. The first kappa shape index (κ1) is 13.1. The van der Waals surface area contributed by atoms with Crippen LogP contribution in [0.2, 0.25) is 0 Å². The summed E-state index contributed by atoms with van der Waals surface area (Å²) in [5.74, 6) is 0. The van der Waals surface area contributed by atoms with Crippen molar-refractivity contribution in [3.8, 4) is 0 Å². The van der Waals surface area contributed by atoms with E-state index in [2.05, 4.69) is 36.9 Å². The highest BCUT2D eigenvalue weighted by Gasteiger charge is 2.30. The number of ether oxygens (including phenoxy) is 1. The molecule has 0 N–H and O–H groups in total.